The summed E-state index contributed by atoms with van der Waals surface area (Å²) in [4.78, 5) is 4.55. The number of hydrogen-bond donors (Lipinski definition) is 1. The summed E-state index contributed by atoms with van der Waals surface area (Å²) in [5, 5.41) is 10.6. The van der Waals surface area contributed by atoms with Crippen LogP contribution < -0.4 is 4.90 Å². The van der Waals surface area contributed by atoms with Gasteiger partial charge in [-0.05, 0) is 18.2 Å². The second kappa shape index (κ2) is 8.26. The number of hydrogen-bond acceptors (Lipinski definition) is 4. The molecule has 1 heterocycles. The quantitative estimate of drug-likeness (QED) is 0.638. The largest absolute Gasteiger partial charge is 0.389 e. The summed E-state index contributed by atoms with van der Waals surface area (Å²) < 4.78 is 5.15. The van der Waals surface area contributed by atoms with E-state index in [9.17, 15) is 5.11 Å². The number of piperazine rings is 1. The third kappa shape index (κ3) is 5.22. The molecule has 1 aromatic rings. The Morgan fingerprint density at radius 1 is 1.33 bits per heavy atom. The first-order valence-corrected chi connectivity index (χ1v) is 7.49. The third-order valence-corrected chi connectivity index (χ3v) is 3.75. The van der Waals surface area contributed by atoms with Gasteiger partial charge < -0.3 is 14.7 Å². The molecule has 1 aliphatic rings. The maximum Gasteiger partial charge on any atom is 0.107 e. The molecule has 1 aliphatic heterocycles. The summed E-state index contributed by atoms with van der Waals surface area (Å²) in [5.41, 5.74) is 1.15. The number of ether oxygens (including phenoxy) is 1. The van der Waals surface area contributed by atoms with Crippen molar-refractivity contribution >= 4 is 17.3 Å². The van der Waals surface area contributed by atoms with Crippen molar-refractivity contribution < 1.29 is 9.84 Å². The Hall–Kier alpha value is -1.25. The summed E-state index contributed by atoms with van der Waals surface area (Å²) in [6.07, 6.45) is 4.61. The molecule has 0 radical (unpaired) electrons. The van der Waals surface area contributed by atoms with Crippen molar-refractivity contribution in [2.75, 3.05) is 50.8 Å². The first-order chi connectivity index (χ1) is 10.2. The van der Waals surface area contributed by atoms with E-state index in [1.807, 2.05) is 18.2 Å². The zero-order valence-electron chi connectivity index (χ0n) is 12.0. The summed E-state index contributed by atoms with van der Waals surface area (Å²) in [7, 11) is 0. The van der Waals surface area contributed by atoms with Crippen LogP contribution >= 0.6 is 11.6 Å². The van der Waals surface area contributed by atoms with Gasteiger partial charge >= 0.3 is 0 Å². The predicted molar refractivity (Wildman–Crippen MR) is 85.8 cm³/mol. The number of rotatable bonds is 6. The Morgan fingerprint density at radius 2 is 2.10 bits per heavy atom. The van der Waals surface area contributed by atoms with Gasteiger partial charge in [-0.15, -0.1) is 6.42 Å². The van der Waals surface area contributed by atoms with E-state index in [2.05, 4.69) is 21.8 Å². The fourth-order valence-electron chi connectivity index (χ4n) is 2.47. The lowest BCUT2D eigenvalue weighted by atomic mass is 10.2. The van der Waals surface area contributed by atoms with E-state index < -0.39 is 6.10 Å². The topological polar surface area (TPSA) is 35.9 Å². The monoisotopic (exact) mass is 308 g/mol. The van der Waals surface area contributed by atoms with Crippen molar-refractivity contribution in [2.45, 2.75) is 6.10 Å². The number of terminal acetylenes is 1. The highest BCUT2D eigenvalue weighted by atomic mass is 35.5. The molecular formula is C16H21ClN2O2. The molecule has 1 N–H and O–H groups in total. The zero-order chi connectivity index (χ0) is 15.1. The average molecular weight is 309 g/mol. The average Bonchev–Trinajstić information content (AvgIpc) is 2.48. The maximum absolute atomic E-state index is 9.88. The fourth-order valence-corrected chi connectivity index (χ4v) is 2.65. The lowest BCUT2D eigenvalue weighted by Crippen LogP contribution is -2.49. The van der Waals surface area contributed by atoms with Crippen molar-refractivity contribution in [1.82, 2.24) is 4.90 Å². The summed E-state index contributed by atoms with van der Waals surface area (Å²) in [5.74, 6) is 2.39. The second-order valence-corrected chi connectivity index (χ2v) is 5.58. The lowest BCUT2D eigenvalue weighted by Gasteiger charge is -2.36. The van der Waals surface area contributed by atoms with E-state index in [-0.39, 0.29) is 6.61 Å². The maximum atomic E-state index is 9.88. The van der Waals surface area contributed by atoms with E-state index in [1.165, 1.54) is 0 Å². The Kier molecular flexibility index (Phi) is 6.34. The van der Waals surface area contributed by atoms with Gasteiger partial charge in [0, 0.05) is 43.4 Å². The Bertz CT molecular complexity index is 481. The number of anilines is 1. The molecule has 0 amide bonds. The number of aliphatic hydroxyl groups excluding tert-OH is 1. The highest BCUT2D eigenvalue weighted by Crippen LogP contribution is 2.20. The van der Waals surface area contributed by atoms with Gasteiger partial charge in [0.25, 0.3) is 0 Å². The summed E-state index contributed by atoms with van der Waals surface area (Å²) in [6.45, 7) is 4.85. The Balaban J connectivity index is 1.74. The van der Waals surface area contributed by atoms with Crippen molar-refractivity contribution in [2.24, 2.45) is 0 Å². The summed E-state index contributed by atoms with van der Waals surface area (Å²) >= 11 is 6.02. The van der Waals surface area contributed by atoms with Crippen molar-refractivity contribution in [3.63, 3.8) is 0 Å². The van der Waals surface area contributed by atoms with Crippen LogP contribution in [0.15, 0.2) is 24.3 Å². The van der Waals surface area contributed by atoms with Crippen LogP contribution in [-0.4, -0.2) is 62.0 Å². The van der Waals surface area contributed by atoms with Gasteiger partial charge in [0.2, 0.25) is 0 Å². The molecule has 1 saturated heterocycles. The summed E-state index contributed by atoms with van der Waals surface area (Å²) in [6, 6.07) is 7.91. The molecule has 4 nitrogen and oxygen atoms in total. The number of benzene rings is 1. The number of halogens is 1. The smallest absolute Gasteiger partial charge is 0.107 e. The van der Waals surface area contributed by atoms with Crippen molar-refractivity contribution in [3.8, 4) is 12.3 Å². The standard InChI is InChI=1S/C16H21ClN2O2/c1-2-10-21-13-16(20)12-18-6-8-19(9-7-18)15-5-3-4-14(17)11-15/h1,3-5,11,16,20H,6-10,12-13H2/t16-/m1/s1. The van der Waals surface area contributed by atoms with Crippen LogP contribution in [0.3, 0.4) is 0 Å². The van der Waals surface area contributed by atoms with E-state index >= 15 is 0 Å². The zero-order valence-corrected chi connectivity index (χ0v) is 12.8. The molecule has 2 rings (SSSR count). The third-order valence-electron chi connectivity index (χ3n) is 3.51. The van der Waals surface area contributed by atoms with Crippen LogP contribution in [0.4, 0.5) is 5.69 Å². The first kappa shape index (κ1) is 16.1. The van der Waals surface area contributed by atoms with Gasteiger partial charge in [-0.2, -0.15) is 0 Å². The first-order valence-electron chi connectivity index (χ1n) is 7.11. The number of β-amino-alcohol motifs (C(OH)–C–C–N with tert-alkyl or cyclic N) is 1. The molecule has 1 fully saturated rings. The van der Waals surface area contributed by atoms with Crippen LogP contribution in [0.5, 0.6) is 0 Å². The van der Waals surface area contributed by atoms with Crippen LogP contribution in [0, 0.1) is 12.3 Å². The van der Waals surface area contributed by atoms with Crippen LogP contribution in [0.1, 0.15) is 0 Å². The molecule has 0 saturated carbocycles. The molecule has 114 valence electrons. The molecule has 0 bridgehead atoms. The van der Waals surface area contributed by atoms with Gasteiger partial charge in [0.1, 0.15) is 6.61 Å². The highest BCUT2D eigenvalue weighted by Gasteiger charge is 2.19. The van der Waals surface area contributed by atoms with Gasteiger partial charge in [-0.1, -0.05) is 23.6 Å². The SMILES string of the molecule is C#CCOC[C@H](O)CN1CCN(c2cccc(Cl)c2)CC1. The minimum atomic E-state index is -0.490. The molecular weight excluding hydrogens is 288 g/mol. The van der Waals surface area contributed by atoms with Gasteiger partial charge in [0.15, 0.2) is 0 Å². The minimum Gasteiger partial charge on any atom is -0.389 e. The molecule has 5 heteroatoms. The van der Waals surface area contributed by atoms with Crippen LogP contribution in [-0.2, 0) is 4.74 Å². The van der Waals surface area contributed by atoms with Crippen LogP contribution in [0.25, 0.3) is 0 Å². The molecule has 0 unspecified atom stereocenters. The van der Waals surface area contributed by atoms with E-state index in [0.717, 1.165) is 36.9 Å². The molecule has 1 aromatic carbocycles. The number of aliphatic hydroxyl groups is 1. The molecule has 21 heavy (non-hydrogen) atoms. The minimum absolute atomic E-state index is 0.250. The number of nitrogens with zero attached hydrogens (tertiary/aromatic N) is 2. The van der Waals surface area contributed by atoms with E-state index in [4.69, 9.17) is 22.8 Å². The molecule has 0 aromatic heterocycles. The Morgan fingerprint density at radius 3 is 2.76 bits per heavy atom. The second-order valence-electron chi connectivity index (χ2n) is 5.14. The molecule has 0 aliphatic carbocycles. The molecule has 0 spiro atoms. The lowest BCUT2D eigenvalue weighted by molar-refractivity contribution is 0.0267. The Labute approximate surface area is 131 Å². The van der Waals surface area contributed by atoms with Gasteiger partial charge in [0.05, 0.1) is 12.7 Å². The fraction of sp³-hybridized carbons (Fsp3) is 0.500. The van der Waals surface area contributed by atoms with Crippen molar-refractivity contribution in [3.05, 3.63) is 29.3 Å². The van der Waals surface area contributed by atoms with Crippen LogP contribution in [0.2, 0.25) is 5.02 Å². The van der Waals surface area contributed by atoms with Gasteiger partial charge in [-0.25, -0.2) is 0 Å². The van der Waals surface area contributed by atoms with Crippen molar-refractivity contribution in [1.29, 1.82) is 0 Å². The highest BCUT2D eigenvalue weighted by molar-refractivity contribution is 6.30. The van der Waals surface area contributed by atoms with Gasteiger partial charge in [-0.3, -0.25) is 4.90 Å². The molecule has 1 atom stereocenters. The predicted octanol–water partition coefficient (Wildman–Crippen LogP) is 1.47. The normalized spacial score (nSPS) is 17.5. The van der Waals surface area contributed by atoms with E-state index in [1.54, 1.807) is 0 Å². The van der Waals surface area contributed by atoms with E-state index in [0.29, 0.717) is 13.2 Å².